The number of pyridine rings is 1. The summed E-state index contributed by atoms with van der Waals surface area (Å²) in [4.78, 5) is 29.0. The number of nitrogens with zero attached hydrogens (tertiary/aromatic N) is 1. The second kappa shape index (κ2) is 9.77. The summed E-state index contributed by atoms with van der Waals surface area (Å²) in [7, 11) is 0. The molecule has 2 aromatic heterocycles. The predicted molar refractivity (Wildman–Crippen MR) is 120 cm³/mol. The lowest BCUT2D eigenvalue weighted by atomic mass is 9.85. The van der Waals surface area contributed by atoms with Crippen LogP contribution in [0.1, 0.15) is 53.8 Å². The van der Waals surface area contributed by atoms with Crippen LogP contribution >= 0.6 is 0 Å². The summed E-state index contributed by atoms with van der Waals surface area (Å²) in [5.41, 5.74) is 2.51. The SMILES string of the molecule is Cc1cc2cc(C(=O)NC[C@@H]3CCC[C@H](NC(=O)CCc4cccnc4)C3)ccc2o1. The smallest absolute Gasteiger partial charge is 0.251 e. The van der Waals surface area contributed by atoms with E-state index in [9.17, 15) is 9.59 Å². The predicted octanol–water partition coefficient (Wildman–Crippen LogP) is 4.17. The van der Waals surface area contributed by atoms with E-state index in [4.69, 9.17) is 4.42 Å². The van der Waals surface area contributed by atoms with Crippen molar-refractivity contribution in [2.45, 2.75) is 51.5 Å². The van der Waals surface area contributed by atoms with Crippen molar-refractivity contribution < 1.29 is 14.0 Å². The number of fused-ring (bicyclic) bond motifs is 1. The average Bonchev–Trinajstić information content (AvgIpc) is 3.16. The van der Waals surface area contributed by atoms with E-state index in [1.54, 1.807) is 18.5 Å². The second-order valence-electron chi connectivity index (χ2n) is 8.48. The molecule has 2 amide bonds. The van der Waals surface area contributed by atoms with Crippen molar-refractivity contribution >= 4 is 22.8 Å². The van der Waals surface area contributed by atoms with Gasteiger partial charge in [0.1, 0.15) is 11.3 Å². The lowest BCUT2D eigenvalue weighted by Gasteiger charge is -2.30. The summed E-state index contributed by atoms with van der Waals surface area (Å²) < 4.78 is 5.57. The van der Waals surface area contributed by atoms with Crippen molar-refractivity contribution in [1.29, 1.82) is 0 Å². The number of furan rings is 1. The van der Waals surface area contributed by atoms with Gasteiger partial charge < -0.3 is 15.1 Å². The van der Waals surface area contributed by atoms with Gasteiger partial charge in [-0.1, -0.05) is 12.5 Å². The zero-order valence-corrected chi connectivity index (χ0v) is 17.9. The molecule has 1 aromatic carbocycles. The molecule has 2 N–H and O–H groups in total. The minimum absolute atomic E-state index is 0.0663. The highest BCUT2D eigenvalue weighted by Crippen LogP contribution is 2.24. The van der Waals surface area contributed by atoms with E-state index in [0.29, 0.717) is 30.9 Å². The van der Waals surface area contributed by atoms with E-state index in [1.165, 1.54) is 0 Å². The number of carbonyl (C=O) groups excluding carboxylic acids is 2. The molecule has 0 aliphatic heterocycles. The lowest BCUT2D eigenvalue weighted by Crippen LogP contribution is -2.41. The molecule has 0 spiro atoms. The van der Waals surface area contributed by atoms with Crippen LogP contribution < -0.4 is 10.6 Å². The first-order valence-electron chi connectivity index (χ1n) is 11.0. The van der Waals surface area contributed by atoms with Crippen LogP contribution in [0.3, 0.4) is 0 Å². The zero-order chi connectivity index (χ0) is 21.6. The van der Waals surface area contributed by atoms with Crippen LogP contribution in [0.4, 0.5) is 0 Å². The molecule has 1 aliphatic rings. The molecule has 6 nitrogen and oxygen atoms in total. The van der Waals surface area contributed by atoms with Gasteiger partial charge in [-0.2, -0.15) is 0 Å². The largest absolute Gasteiger partial charge is 0.461 e. The Bertz CT molecular complexity index is 1040. The van der Waals surface area contributed by atoms with Gasteiger partial charge in [-0.25, -0.2) is 0 Å². The molecule has 6 heteroatoms. The average molecular weight is 420 g/mol. The molecule has 0 saturated heterocycles. The third kappa shape index (κ3) is 5.72. The molecular weight excluding hydrogens is 390 g/mol. The number of carbonyl (C=O) groups is 2. The Morgan fingerprint density at radius 1 is 1.19 bits per heavy atom. The first-order chi connectivity index (χ1) is 15.1. The molecular formula is C25H29N3O3. The lowest BCUT2D eigenvalue weighted by molar-refractivity contribution is -0.122. The maximum Gasteiger partial charge on any atom is 0.251 e. The van der Waals surface area contributed by atoms with Gasteiger partial charge in [0, 0.05) is 42.4 Å². The molecule has 0 unspecified atom stereocenters. The van der Waals surface area contributed by atoms with Crippen molar-refractivity contribution in [2.24, 2.45) is 5.92 Å². The molecule has 1 fully saturated rings. The topological polar surface area (TPSA) is 84.2 Å². The molecule has 2 atom stereocenters. The van der Waals surface area contributed by atoms with E-state index >= 15 is 0 Å². The number of hydrogen-bond acceptors (Lipinski definition) is 4. The Labute approximate surface area is 182 Å². The molecule has 0 bridgehead atoms. The van der Waals surface area contributed by atoms with Gasteiger partial charge in [-0.3, -0.25) is 14.6 Å². The molecule has 0 radical (unpaired) electrons. The normalized spacial score (nSPS) is 18.6. The quantitative estimate of drug-likeness (QED) is 0.602. The van der Waals surface area contributed by atoms with E-state index in [-0.39, 0.29) is 17.9 Å². The van der Waals surface area contributed by atoms with Gasteiger partial charge in [0.25, 0.3) is 5.91 Å². The molecule has 4 rings (SSSR count). The van der Waals surface area contributed by atoms with E-state index < -0.39 is 0 Å². The summed E-state index contributed by atoms with van der Waals surface area (Å²) in [6, 6.07) is 11.5. The van der Waals surface area contributed by atoms with Gasteiger partial charge in [0.2, 0.25) is 5.91 Å². The van der Waals surface area contributed by atoms with Crippen LogP contribution in [0.5, 0.6) is 0 Å². The first-order valence-corrected chi connectivity index (χ1v) is 11.0. The van der Waals surface area contributed by atoms with Crippen molar-refractivity contribution in [3.8, 4) is 0 Å². The third-order valence-electron chi connectivity index (χ3n) is 5.96. The Hall–Kier alpha value is -3.15. The highest BCUT2D eigenvalue weighted by Gasteiger charge is 2.23. The minimum atomic E-state index is -0.0663. The van der Waals surface area contributed by atoms with Crippen LogP contribution in [0, 0.1) is 12.8 Å². The van der Waals surface area contributed by atoms with Crippen LogP contribution in [-0.4, -0.2) is 29.4 Å². The number of amides is 2. The number of nitrogens with one attached hydrogen (secondary N) is 2. The summed E-state index contributed by atoms with van der Waals surface area (Å²) in [6.45, 7) is 2.53. The number of aromatic nitrogens is 1. The molecule has 3 aromatic rings. The maximum atomic E-state index is 12.6. The van der Waals surface area contributed by atoms with E-state index in [1.807, 2.05) is 37.3 Å². The highest BCUT2D eigenvalue weighted by molar-refractivity contribution is 5.97. The van der Waals surface area contributed by atoms with Crippen molar-refractivity contribution in [2.75, 3.05) is 6.54 Å². The van der Waals surface area contributed by atoms with E-state index in [0.717, 1.165) is 48.0 Å². The number of rotatable bonds is 7. The number of aryl methyl sites for hydroxylation is 2. The monoisotopic (exact) mass is 419 g/mol. The van der Waals surface area contributed by atoms with Crippen LogP contribution in [0.2, 0.25) is 0 Å². The first kappa shape index (κ1) is 21.1. The fourth-order valence-electron chi connectivity index (χ4n) is 4.37. The Morgan fingerprint density at radius 2 is 2.10 bits per heavy atom. The van der Waals surface area contributed by atoms with Gasteiger partial charge >= 0.3 is 0 Å². The Balaban J connectivity index is 1.23. The van der Waals surface area contributed by atoms with Crippen molar-refractivity contribution in [3.63, 3.8) is 0 Å². The van der Waals surface area contributed by atoms with Gasteiger partial charge in [-0.05, 0) is 74.4 Å². The van der Waals surface area contributed by atoms with Crippen LogP contribution in [0.25, 0.3) is 11.0 Å². The third-order valence-corrected chi connectivity index (χ3v) is 5.96. The number of hydrogen-bond donors (Lipinski definition) is 2. The second-order valence-corrected chi connectivity index (χ2v) is 8.48. The Kier molecular flexibility index (Phi) is 6.65. The molecule has 1 aliphatic carbocycles. The highest BCUT2D eigenvalue weighted by atomic mass is 16.3. The van der Waals surface area contributed by atoms with Crippen LogP contribution in [0.15, 0.2) is 53.2 Å². The minimum Gasteiger partial charge on any atom is -0.461 e. The summed E-state index contributed by atoms with van der Waals surface area (Å²) in [5, 5.41) is 7.19. The van der Waals surface area contributed by atoms with Crippen molar-refractivity contribution in [1.82, 2.24) is 15.6 Å². The fourth-order valence-corrected chi connectivity index (χ4v) is 4.37. The standard InChI is InChI=1S/C25H29N3O3/c1-17-12-21-14-20(8-9-23(21)31-17)25(30)27-16-19-4-2-6-22(13-19)28-24(29)10-7-18-5-3-11-26-15-18/h3,5,8-9,11-12,14-15,19,22H,2,4,6-7,10,13,16H2,1H3,(H,27,30)(H,28,29)/t19-,22+/m1/s1. The van der Waals surface area contributed by atoms with E-state index in [2.05, 4.69) is 15.6 Å². The zero-order valence-electron chi connectivity index (χ0n) is 17.9. The molecule has 2 heterocycles. The number of benzene rings is 1. The maximum absolute atomic E-state index is 12.6. The summed E-state index contributed by atoms with van der Waals surface area (Å²) >= 11 is 0. The van der Waals surface area contributed by atoms with Gasteiger partial charge in [0.05, 0.1) is 0 Å². The molecule has 162 valence electrons. The molecule has 31 heavy (non-hydrogen) atoms. The molecule has 1 saturated carbocycles. The Morgan fingerprint density at radius 3 is 2.94 bits per heavy atom. The fraction of sp³-hybridized carbons (Fsp3) is 0.400. The summed E-state index contributed by atoms with van der Waals surface area (Å²) in [6.07, 6.45) is 8.75. The van der Waals surface area contributed by atoms with Crippen LogP contribution in [-0.2, 0) is 11.2 Å². The van der Waals surface area contributed by atoms with Crippen molar-refractivity contribution in [3.05, 3.63) is 65.7 Å². The van der Waals surface area contributed by atoms with Gasteiger partial charge in [-0.15, -0.1) is 0 Å². The summed E-state index contributed by atoms with van der Waals surface area (Å²) in [5.74, 6) is 1.23. The van der Waals surface area contributed by atoms with Gasteiger partial charge in [0.15, 0.2) is 0 Å².